The summed E-state index contributed by atoms with van der Waals surface area (Å²) in [6.45, 7) is 0. The number of hydrogen-bond acceptors (Lipinski definition) is 1. The van der Waals surface area contributed by atoms with Gasteiger partial charge in [0, 0.05) is 0 Å². The average Bonchev–Trinajstić information content (AvgIpc) is 1.61. The largest absolute Gasteiger partial charge is 0.361 e. The maximum Gasteiger partial charge on any atom is 0.257 e. The van der Waals surface area contributed by atoms with Gasteiger partial charge in [-0.25, -0.2) is 13.2 Å². The van der Waals surface area contributed by atoms with Gasteiger partial charge in [-0.2, -0.15) is 0 Å². The zero-order chi connectivity index (χ0) is 6.57. The Balaban J connectivity index is 3.34. The van der Waals surface area contributed by atoms with Crippen molar-refractivity contribution in [2.45, 2.75) is 12.8 Å². The average molecular weight is 126 g/mol. The molecule has 0 saturated heterocycles. The summed E-state index contributed by atoms with van der Waals surface area (Å²) < 4.78 is 33.3. The first-order chi connectivity index (χ1) is 3.63. The van der Waals surface area contributed by atoms with Crippen molar-refractivity contribution in [2.75, 3.05) is 0 Å². The molecule has 0 aromatic rings. The Morgan fingerprint density at radius 1 is 1.12 bits per heavy atom. The lowest BCUT2D eigenvalue weighted by Gasteiger charge is -1.87. The van der Waals surface area contributed by atoms with Gasteiger partial charge < -0.3 is 5.11 Å². The Morgan fingerprint density at radius 3 is 1.75 bits per heavy atom. The van der Waals surface area contributed by atoms with Crippen molar-refractivity contribution >= 4 is 0 Å². The van der Waals surface area contributed by atoms with E-state index in [1.54, 1.807) is 0 Å². The van der Waals surface area contributed by atoms with E-state index in [9.17, 15) is 13.2 Å². The highest BCUT2D eigenvalue weighted by Crippen LogP contribution is 1.95. The fraction of sp³-hybridized carbons (Fsp3) is 0.500. The zero-order valence-electron chi connectivity index (χ0n) is 3.89. The summed E-state index contributed by atoms with van der Waals surface area (Å²) in [5, 5.41) is 7.71. The molecule has 0 amide bonds. The molecule has 0 aromatic heterocycles. The van der Waals surface area contributed by atoms with Crippen molar-refractivity contribution in [1.82, 2.24) is 0 Å². The third-order valence-electron chi connectivity index (χ3n) is 0.415. The van der Waals surface area contributed by atoms with E-state index in [4.69, 9.17) is 5.11 Å². The van der Waals surface area contributed by atoms with Crippen LogP contribution in [-0.4, -0.2) is 17.9 Å². The molecule has 0 heterocycles. The smallest absolute Gasteiger partial charge is 0.257 e. The second kappa shape index (κ2) is 3.49. The summed E-state index contributed by atoms with van der Waals surface area (Å²) >= 11 is 0. The predicted octanol–water partition coefficient (Wildman–Crippen LogP) is 1.10. The van der Waals surface area contributed by atoms with Crippen LogP contribution in [0.3, 0.4) is 0 Å². The Hall–Kier alpha value is -0.510. The summed E-state index contributed by atoms with van der Waals surface area (Å²) in [6.07, 6.45) is -4.31. The van der Waals surface area contributed by atoms with Crippen molar-refractivity contribution in [3.8, 4) is 0 Å². The second-order valence-corrected chi connectivity index (χ2v) is 1.09. The molecule has 0 spiro atoms. The van der Waals surface area contributed by atoms with E-state index >= 15 is 0 Å². The monoisotopic (exact) mass is 126 g/mol. The lowest BCUT2D eigenvalue weighted by atomic mass is 10.5. The van der Waals surface area contributed by atoms with Crippen LogP contribution in [0.4, 0.5) is 13.2 Å². The highest BCUT2D eigenvalue weighted by atomic mass is 19.3. The van der Waals surface area contributed by atoms with Gasteiger partial charge in [0.25, 0.3) is 6.43 Å². The van der Waals surface area contributed by atoms with Crippen LogP contribution in [0.2, 0.25) is 0 Å². The molecular formula is C4H5F3O. The predicted molar refractivity (Wildman–Crippen MR) is 22.3 cm³/mol. The molecule has 0 bridgehead atoms. The molecular weight excluding hydrogens is 121 g/mol. The highest BCUT2D eigenvalue weighted by Gasteiger charge is 1.95. The Bertz CT molecular complexity index is 69.4. The van der Waals surface area contributed by atoms with Crippen LogP contribution in [0.15, 0.2) is 12.2 Å². The number of aliphatic hydroxyl groups excluding tert-OH is 1. The summed E-state index contributed by atoms with van der Waals surface area (Å²) in [5.74, 6) is 0. The lowest BCUT2D eigenvalue weighted by molar-refractivity contribution is 0.0859. The zero-order valence-corrected chi connectivity index (χ0v) is 3.89. The van der Waals surface area contributed by atoms with Crippen molar-refractivity contribution in [1.29, 1.82) is 0 Å². The highest BCUT2D eigenvalue weighted by molar-refractivity contribution is 4.85. The van der Waals surface area contributed by atoms with Crippen LogP contribution in [0.1, 0.15) is 0 Å². The standard InChI is InChI=1S/C4H5F3O/c5-3(6)1-2-4(7)8/h1-4,8H. The third-order valence-corrected chi connectivity index (χ3v) is 0.415. The number of hydrogen-bond donors (Lipinski definition) is 1. The molecule has 1 unspecified atom stereocenters. The van der Waals surface area contributed by atoms with Gasteiger partial charge in [-0.1, -0.05) is 0 Å². The van der Waals surface area contributed by atoms with E-state index in [1.807, 2.05) is 0 Å². The minimum absolute atomic E-state index is 0.282. The topological polar surface area (TPSA) is 20.2 Å². The molecule has 1 N–H and O–H groups in total. The van der Waals surface area contributed by atoms with Crippen LogP contribution in [0.5, 0.6) is 0 Å². The van der Waals surface area contributed by atoms with E-state index in [0.29, 0.717) is 6.08 Å². The number of alkyl halides is 3. The van der Waals surface area contributed by atoms with Gasteiger partial charge in [0.05, 0.1) is 0 Å². The van der Waals surface area contributed by atoms with Gasteiger partial charge in [-0.05, 0) is 12.2 Å². The van der Waals surface area contributed by atoms with Gasteiger partial charge in [-0.15, -0.1) is 0 Å². The van der Waals surface area contributed by atoms with Gasteiger partial charge in [-0.3, -0.25) is 0 Å². The van der Waals surface area contributed by atoms with Gasteiger partial charge in [0.2, 0.25) is 6.36 Å². The normalized spacial score (nSPS) is 15.6. The second-order valence-electron chi connectivity index (χ2n) is 1.09. The molecule has 0 saturated carbocycles. The molecule has 48 valence electrons. The van der Waals surface area contributed by atoms with Crippen molar-refractivity contribution in [3.05, 3.63) is 12.2 Å². The molecule has 1 atom stereocenters. The third kappa shape index (κ3) is 5.49. The van der Waals surface area contributed by atoms with Gasteiger partial charge in [0.15, 0.2) is 0 Å². The fourth-order valence-corrected chi connectivity index (χ4v) is 0.176. The summed E-state index contributed by atoms with van der Waals surface area (Å²) in [4.78, 5) is 0. The molecule has 1 nitrogen and oxygen atoms in total. The molecule has 0 aromatic carbocycles. The Kier molecular flexibility index (Phi) is 3.26. The molecule has 0 aliphatic carbocycles. The molecule has 0 radical (unpaired) electrons. The first kappa shape index (κ1) is 7.49. The molecule has 0 aliphatic heterocycles. The van der Waals surface area contributed by atoms with Crippen LogP contribution in [0, 0.1) is 0 Å². The van der Waals surface area contributed by atoms with Gasteiger partial charge in [0.1, 0.15) is 0 Å². The summed E-state index contributed by atoms with van der Waals surface area (Å²) in [7, 11) is 0. The number of allylic oxidation sites excluding steroid dienone is 1. The maximum atomic E-state index is 11.2. The van der Waals surface area contributed by atoms with Crippen LogP contribution >= 0.6 is 0 Å². The first-order valence-electron chi connectivity index (χ1n) is 1.91. The minimum atomic E-state index is -2.69. The summed E-state index contributed by atoms with van der Waals surface area (Å²) in [6, 6.07) is 0. The Morgan fingerprint density at radius 2 is 1.62 bits per heavy atom. The Labute approximate surface area is 44.4 Å². The SMILES string of the molecule is OC(F)C=CC(F)F. The van der Waals surface area contributed by atoms with E-state index in [2.05, 4.69) is 0 Å². The van der Waals surface area contributed by atoms with E-state index in [-0.39, 0.29) is 6.08 Å². The minimum Gasteiger partial charge on any atom is -0.361 e. The number of rotatable bonds is 2. The van der Waals surface area contributed by atoms with Crippen LogP contribution in [0.25, 0.3) is 0 Å². The van der Waals surface area contributed by atoms with Crippen molar-refractivity contribution in [2.24, 2.45) is 0 Å². The van der Waals surface area contributed by atoms with Crippen LogP contribution < -0.4 is 0 Å². The first-order valence-corrected chi connectivity index (χ1v) is 1.91. The van der Waals surface area contributed by atoms with Crippen molar-refractivity contribution < 1.29 is 18.3 Å². The van der Waals surface area contributed by atoms with Crippen molar-refractivity contribution in [3.63, 3.8) is 0 Å². The maximum absolute atomic E-state index is 11.2. The summed E-state index contributed by atoms with van der Waals surface area (Å²) in [5.41, 5.74) is 0. The number of halogens is 3. The molecule has 0 rings (SSSR count). The lowest BCUT2D eigenvalue weighted by Crippen LogP contribution is -1.91. The van der Waals surface area contributed by atoms with Crippen LogP contribution in [-0.2, 0) is 0 Å². The van der Waals surface area contributed by atoms with E-state index < -0.39 is 12.8 Å². The molecule has 0 aliphatic rings. The van der Waals surface area contributed by atoms with E-state index in [0.717, 1.165) is 0 Å². The fourth-order valence-electron chi connectivity index (χ4n) is 0.176. The van der Waals surface area contributed by atoms with E-state index in [1.165, 1.54) is 0 Å². The molecule has 0 fully saturated rings. The quantitative estimate of drug-likeness (QED) is 0.549. The van der Waals surface area contributed by atoms with Gasteiger partial charge >= 0.3 is 0 Å². The molecule has 4 heteroatoms. The number of aliphatic hydroxyl groups is 1. The molecule has 8 heavy (non-hydrogen) atoms.